The molecule has 0 saturated carbocycles. The second kappa shape index (κ2) is 8.01. The molecule has 1 heterocycles. The summed E-state index contributed by atoms with van der Waals surface area (Å²) in [5.74, 6) is -0.607. The number of rotatable bonds is 6. The molecule has 2 aromatic rings. The Hall–Kier alpha value is -2.86. The summed E-state index contributed by atoms with van der Waals surface area (Å²) in [7, 11) is 0. The number of anilines is 2. The lowest BCUT2D eigenvalue weighted by Crippen LogP contribution is -2.31. The molecule has 0 saturated heterocycles. The fourth-order valence-corrected chi connectivity index (χ4v) is 2.90. The lowest BCUT2D eigenvalue weighted by Gasteiger charge is -2.14. The molecule has 0 aliphatic carbocycles. The third kappa shape index (κ3) is 3.86. The molecular formula is C19H18ClN3O3. The molecule has 6 nitrogen and oxygen atoms in total. The van der Waals surface area contributed by atoms with E-state index in [1.165, 1.54) is 0 Å². The minimum Gasteiger partial charge on any atom is -0.385 e. The first-order valence-electron chi connectivity index (χ1n) is 8.26. The smallest absolute Gasteiger partial charge is 0.281 e. The van der Waals surface area contributed by atoms with Gasteiger partial charge < -0.3 is 15.1 Å². The summed E-state index contributed by atoms with van der Waals surface area (Å²) in [5.41, 5.74) is 2.30. The van der Waals surface area contributed by atoms with Gasteiger partial charge in [0.1, 0.15) is 0 Å². The molecule has 2 aromatic carbocycles. The van der Waals surface area contributed by atoms with Crippen molar-refractivity contribution >= 4 is 40.5 Å². The van der Waals surface area contributed by atoms with Gasteiger partial charge in [0.15, 0.2) is 12.3 Å². The molecule has 7 heteroatoms. The Balaban J connectivity index is 1.66. The van der Waals surface area contributed by atoms with E-state index < -0.39 is 0 Å². The van der Waals surface area contributed by atoms with Gasteiger partial charge in [-0.3, -0.25) is 9.59 Å². The van der Waals surface area contributed by atoms with E-state index in [2.05, 4.69) is 10.5 Å². The zero-order valence-corrected chi connectivity index (χ0v) is 15.0. The molecular weight excluding hydrogens is 354 g/mol. The normalized spacial score (nSPS) is 14.5. The molecule has 26 heavy (non-hydrogen) atoms. The van der Waals surface area contributed by atoms with E-state index in [-0.39, 0.29) is 24.1 Å². The van der Waals surface area contributed by atoms with Gasteiger partial charge in [0.05, 0.1) is 5.69 Å². The molecule has 1 aliphatic heterocycles. The van der Waals surface area contributed by atoms with Crippen molar-refractivity contribution in [2.24, 2.45) is 5.16 Å². The second-order valence-electron chi connectivity index (χ2n) is 5.75. The van der Waals surface area contributed by atoms with Crippen molar-refractivity contribution < 1.29 is 14.4 Å². The molecule has 1 aliphatic rings. The monoisotopic (exact) mass is 371 g/mol. The largest absolute Gasteiger partial charge is 0.385 e. The van der Waals surface area contributed by atoms with Crippen LogP contribution in [0.3, 0.4) is 0 Å². The van der Waals surface area contributed by atoms with Gasteiger partial charge in [-0.25, -0.2) is 0 Å². The third-order valence-electron chi connectivity index (χ3n) is 3.80. The lowest BCUT2D eigenvalue weighted by molar-refractivity contribution is -0.120. The number of amides is 2. The number of carbonyl (C=O) groups is 2. The first kappa shape index (κ1) is 17.9. The van der Waals surface area contributed by atoms with Crippen LogP contribution in [0.2, 0.25) is 5.02 Å². The van der Waals surface area contributed by atoms with Crippen LogP contribution in [0.5, 0.6) is 0 Å². The van der Waals surface area contributed by atoms with Crippen LogP contribution in [0.4, 0.5) is 11.4 Å². The van der Waals surface area contributed by atoms with Crippen LogP contribution in [-0.2, 0) is 14.4 Å². The van der Waals surface area contributed by atoms with E-state index in [1.807, 2.05) is 31.2 Å². The van der Waals surface area contributed by atoms with Gasteiger partial charge in [-0.15, -0.1) is 0 Å². The zero-order valence-electron chi connectivity index (χ0n) is 14.2. The van der Waals surface area contributed by atoms with Crippen molar-refractivity contribution in [2.75, 3.05) is 23.4 Å². The number of halogens is 1. The third-order valence-corrected chi connectivity index (χ3v) is 4.04. The quantitative estimate of drug-likeness (QED) is 0.790. The number of hydrogen-bond donors (Lipinski definition) is 1. The minimum absolute atomic E-state index is 0.213. The van der Waals surface area contributed by atoms with Gasteiger partial charge in [-0.05, 0) is 30.7 Å². The van der Waals surface area contributed by atoms with E-state index in [4.69, 9.17) is 16.4 Å². The number of benzene rings is 2. The van der Waals surface area contributed by atoms with Crippen molar-refractivity contribution in [3.8, 4) is 0 Å². The molecule has 0 fully saturated rings. The molecule has 0 atom stereocenters. The van der Waals surface area contributed by atoms with Gasteiger partial charge in [0.25, 0.3) is 11.8 Å². The van der Waals surface area contributed by atoms with Crippen LogP contribution in [0.1, 0.15) is 18.9 Å². The highest BCUT2D eigenvalue weighted by Gasteiger charge is 2.33. The fraction of sp³-hybridized carbons (Fsp3) is 0.211. The highest BCUT2D eigenvalue weighted by Crippen LogP contribution is 2.29. The Morgan fingerprint density at radius 2 is 2.04 bits per heavy atom. The van der Waals surface area contributed by atoms with Crippen molar-refractivity contribution in [1.29, 1.82) is 0 Å². The summed E-state index contributed by atoms with van der Waals surface area (Å²) in [6.07, 6.45) is 0.830. The number of hydrogen-bond acceptors (Lipinski definition) is 4. The highest BCUT2D eigenvalue weighted by molar-refractivity contribution is 6.54. The summed E-state index contributed by atoms with van der Waals surface area (Å²) >= 11 is 5.88. The first-order chi connectivity index (χ1) is 12.6. The number of para-hydroxylation sites is 1. The van der Waals surface area contributed by atoms with Gasteiger partial charge in [-0.1, -0.05) is 47.9 Å². The summed E-state index contributed by atoms with van der Waals surface area (Å²) in [4.78, 5) is 31.3. The van der Waals surface area contributed by atoms with Crippen LogP contribution >= 0.6 is 11.6 Å². The zero-order chi connectivity index (χ0) is 18.5. The van der Waals surface area contributed by atoms with Crippen molar-refractivity contribution in [3.63, 3.8) is 0 Å². The maximum absolute atomic E-state index is 12.6. The van der Waals surface area contributed by atoms with Gasteiger partial charge >= 0.3 is 0 Å². The van der Waals surface area contributed by atoms with E-state index in [0.29, 0.717) is 22.8 Å². The predicted octanol–water partition coefficient (Wildman–Crippen LogP) is 3.46. The molecule has 1 N–H and O–H groups in total. The minimum atomic E-state index is -0.388. The molecule has 0 aromatic heterocycles. The Labute approximate surface area is 156 Å². The topological polar surface area (TPSA) is 71.0 Å². The van der Waals surface area contributed by atoms with E-state index >= 15 is 0 Å². The van der Waals surface area contributed by atoms with Crippen LogP contribution in [-0.4, -0.2) is 30.7 Å². The lowest BCUT2D eigenvalue weighted by atomic mass is 10.1. The first-order valence-corrected chi connectivity index (χ1v) is 8.64. The van der Waals surface area contributed by atoms with E-state index in [0.717, 1.165) is 12.1 Å². The Bertz CT molecular complexity index is 867. The maximum atomic E-state index is 12.6. The molecule has 0 bridgehead atoms. The van der Waals surface area contributed by atoms with Crippen LogP contribution < -0.4 is 10.2 Å². The summed E-state index contributed by atoms with van der Waals surface area (Å²) in [6, 6.07) is 14.2. The molecule has 0 spiro atoms. The standard InChI is InChI=1S/C19H18ClN3O3/c1-2-10-23-16-9-4-3-8-15(16)18(19(23)25)22-26-12-17(24)21-14-7-5-6-13(20)11-14/h3-9,11H,2,10,12H2,1H3,(H,21,24). The number of carbonyl (C=O) groups excluding carboxylic acids is 2. The van der Waals surface area contributed by atoms with Crippen molar-refractivity contribution in [2.45, 2.75) is 13.3 Å². The Morgan fingerprint density at radius 3 is 2.81 bits per heavy atom. The molecule has 3 rings (SSSR count). The SMILES string of the molecule is CCCN1C(=O)C(=NOCC(=O)Nc2cccc(Cl)c2)c2ccccc21. The molecule has 134 valence electrons. The van der Waals surface area contributed by atoms with Crippen molar-refractivity contribution in [1.82, 2.24) is 0 Å². The predicted molar refractivity (Wildman–Crippen MR) is 102 cm³/mol. The summed E-state index contributed by atoms with van der Waals surface area (Å²) in [5, 5.41) is 7.09. The van der Waals surface area contributed by atoms with Crippen LogP contribution in [0.25, 0.3) is 0 Å². The van der Waals surface area contributed by atoms with Crippen molar-refractivity contribution in [3.05, 3.63) is 59.1 Å². The summed E-state index contributed by atoms with van der Waals surface area (Å²) in [6.45, 7) is 2.30. The van der Waals surface area contributed by atoms with E-state index in [1.54, 1.807) is 29.2 Å². The number of nitrogens with one attached hydrogen (secondary N) is 1. The number of oxime groups is 1. The molecule has 0 unspecified atom stereocenters. The number of fused-ring (bicyclic) bond motifs is 1. The average Bonchev–Trinajstić information content (AvgIpc) is 2.88. The highest BCUT2D eigenvalue weighted by atomic mass is 35.5. The molecule has 0 radical (unpaired) electrons. The average molecular weight is 372 g/mol. The number of nitrogens with zero attached hydrogens (tertiary/aromatic N) is 2. The maximum Gasteiger partial charge on any atom is 0.281 e. The van der Waals surface area contributed by atoms with Gasteiger partial charge in [0.2, 0.25) is 0 Å². The Kier molecular flexibility index (Phi) is 5.53. The van der Waals surface area contributed by atoms with Gasteiger partial charge in [0, 0.05) is 22.8 Å². The van der Waals surface area contributed by atoms with Crippen LogP contribution in [0, 0.1) is 0 Å². The van der Waals surface area contributed by atoms with E-state index in [9.17, 15) is 9.59 Å². The van der Waals surface area contributed by atoms with Crippen LogP contribution in [0.15, 0.2) is 53.7 Å². The molecule has 2 amide bonds. The van der Waals surface area contributed by atoms with Gasteiger partial charge in [-0.2, -0.15) is 0 Å². The summed E-state index contributed by atoms with van der Waals surface area (Å²) < 4.78 is 0. The fourth-order valence-electron chi connectivity index (χ4n) is 2.71. The second-order valence-corrected chi connectivity index (χ2v) is 6.18. The Morgan fingerprint density at radius 1 is 1.23 bits per heavy atom.